The molecule has 0 unspecified atom stereocenters. The average molecular weight is 164 g/mol. The molecular formula is C10H12O2. The second-order valence-corrected chi connectivity index (χ2v) is 2.63. The van der Waals surface area contributed by atoms with Crippen molar-refractivity contribution in [2.45, 2.75) is 6.92 Å². The van der Waals surface area contributed by atoms with E-state index in [0.29, 0.717) is 5.75 Å². The Hall–Kier alpha value is -1.28. The highest BCUT2D eigenvalue weighted by molar-refractivity contribution is 5.52. The number of phenols is 1. The number of phenolic OH excluding ortho intramolecular Hbond substituents is 1. The van der Waals surface area contributed by atoms with Gasteiger partial charge in [-0.3, -0.25) is 0 Å². The van der Waals surface area contributed by atoms with Crippen molar-refractivity contribution in [3.8, 4) is 5.75 Å². The van der Waals surface area contributed by atoms with Crippen molar-refractivity contribution < 1.29 is 10.2 Å². The highest BCUT2D eigenvalue weighted by atomic mass is 16.3. The van der Waals surface area contributed by atoms with Crippen LogP contribution >= 0.6 is 0 Å². The Balaban J connectivity index is 2.89. The van der Waals surface area contributed by atoms with Crippen LogP contribution in [0.2, 0.25) is 0 Å². The molecule has 0 saturated carbocycles. The van der Waals surface area contributed by atoms with Gasteiger partial charge in [0.25, 0.3) is 0 Å². The second-order valence-electron chi connectivity index (χ2n) is 2.63. The largest absolute Gasteiger partial charge is 0.508 e. The van der Waals surface area contributed by atoms with Gasteiger partial charge in [-0.05, 0) is 30.2 Å². The third kappa shape index (κ3) is 2.10. The zero-order valence-corrected chi connectivity index (χ0v) is 6.99. The predicted molar refractivity (Wildman–Crippen MR) is 49.0 cm³/mol. The van der Waals surface area contributed by atoms with Gasteiger partial charge in [0.1, 0.15) is 5.75 Å². The molecule has 2 N–H and O–H groups in total. The number of benzene rings is 1. The molecule has 2 nitrogen and oxygen atoms in total. The van der Waals surface area contributed by atoms with Crippen molar-refractivity contribution in [1.82, 2.24) is 0 Å². The van der Waals surface area contributed by atoms with Gasteiger partial charge in [-0.1, -0.05) is 18.2 Å². The molecule has 0 heterocycles. The summed E-state index contributed by atoms with van der Waals surface area (Å²) in [5, 5.41) is 17.7. The van der Waals surface area contributed by atoms with Crippen LogP contribution in [0.4, 0.5) is 0 Å². The summed E-state index contributed by atoms with van der Waals surface area (Å²) in [6, 6.07) is 5.31. The van der Waals surface area contributed by atoms with E-state index in [1.165, 1.54) is 0 Å². The summed E-state index contributed by atoms with van der Waals surface area (Å²) in [7, 11) is 0. The van der Waals surface area contributed by atoms with E-state index in [9.17, 15) is 5.11 Å². The SMILES string of the molecule is Cc1cc(/C=C/CO)ccc1O. The van der Waals surface area contributed by atoms with Gasteiger partial charge >= 0.3 is 0 Å². The number of aliphatic hydroxyl groups excluding tert-OH is 1. The average Bonchev–Trinajstić information content (AvgIpc) is 2.07. The summed E-state index contributed by atoms with van der Waals surface area (Å²) in [4.78, 5) is 0. The van der Waals surface area contributed by atoms with Crippen LogP contribution in [0.5, 0.6) is 5.75 Å². The Morgan fingerprint density at radius 3 is 2.75 bits per heavy atom. The lowest BCUT2D eigenvalue weighted by atomic mass is 10.1. The van der Waals surface area contributed by atoms with Gasteiger partial charge in [-0.25, -0.2) is 0 Å². The molecule has 0 radical (unpaired) electrons. The molecular weight excluding hydrogens is 152 g/mol. The molecule has 2 heteroatoms. The van der Waals surface area contributed by atoms with Crippen molar-refractivity contribution in [3.63, 3.8) is 0 Å². The molecule has 1 aromatic rings. The molecule has 0 aliphatic rings. The van der Waals surface area contributed by atoms with Gasteiger partial charge in [0.15, 0.2) is 0 Å². The van der Waals surface area contributed by atoms with Gasteiger partial charge in [0.05, 0.1) is 6.61 Å². The van der Waals surface area contributed by atoms with E-state index in [1.807, 2.05) is 19.1 Å². The minimum Gasteiger partial charge on any atom is -0.508 e. The van der Waals surface area contributed by atoms with Gasteiger partial charge in [-0.2, -0.15) is 0 Å². The van der Waals surface area contributed by atoms with Crippen molar-refractivity contribution in [2.24, 2.45) is 0 Å². The van der Waals surface area contributed by atoms with E-state index in [1.54, 1.807) is 18.2 Å². The zero-order chi connectivity index (χ0) is 8.97. The van der Waals surface area contributed by atoms with Gasteiger partial charge in [0.2, 0.25) is 0 Å². The second kappa shape index (κ2) is 3.93. The Kier molecular flexibility index (Phi) is 2.88. The van der Waals surface area contributed by atoms with Crippen LogP contribution in [0.15, 0.2) is 24.3 Å². The van der Waals surface area contributed by atoms with Crippen LogP contribution < -0.4 is 0 Å². The van der Waals surface area contributed by atoms with Crippen molar-refractivity contribution >= 4 is 6.08 Å². The Morgan fingerprint density at radius 2 is 2.17 bits per heavy atom. The number of rotatable bonds is 2. The van der Waals surface area contributed by atoms with Crippen LogP contribution in [0.25, 0.3) is 6.08 Å². The number of hydrogen-bond donors (Lipinski definition) is 2. The van der Waals surface area contributed by atoms with Crippen LogP contribution in [-0.4, -0.2) is 16.8 Å². The van der Waals surface area contributed by atoms with Crippen molar-refractivity contribution in [2.75, 3.05) is 6.61 Å². The number of aryl methyl sites for hydroxylation is 1. The fraction of sp³-hybridized carbons (Fsp3) is 0.200. The fourth-order valence-electron chi connectivity index (χ4n) is 0.971. The lowest BCUT2D eigenvalue weighted by molar-refractivity contribution is 0.343. The van der Waals surface area contributed by atoms with Crippen LogP contribution in [-0.2, 0) is 0 Å². The summed E-state index contributed by atoms with van der Waals surface area (Å²) >= 11 is 0. The molecule has 12 heavy (non-hydrogen) atoms. The minimum atomic E-state index is 0.0416. The predicted octanol–water partition coefficient (Wildman–Crippen LogP) is 1.71. The number of aromatic hydroxyl groups is 1. The minimum absolute atomic E-state index is 0.0416. The standard InChI is InChI=1S/C10H12O2/c1-8-7-9(3-2-6-11)4-5-10(8)12/h2-5,7,11-12H,6H2,1H3/b3-2+. The molecule has 0 saturated heterocycles. The summed E-state index contributed by atoms with van der Waals surface area (Å²) in [6.45, 7) is 1.88. The van der Waals surface area contributed by atoms with Gasteiger partial charge in [-0.15, -0.1) is 0 Å². The first-order valence-corrected chi connectivity index (χ1v) is 3.81. The molecule has 0 bridgehead atoms. The van der Waals surface area contributed by atoms with E-state index in [0.717, 1.165) is 11.1 Å². The monoisotopic (exact) mass is 164 g/mol. The van der Waals surface area contributed by atoms with Gasteiger partial charge in [0, 0.05) is 0 Å². The van der Waals surface area contributed by atoms with Crippen molar-refractivity contribution in [1.29, 1.82) is 0 Å². The third-order valence-corrected chi connectivity index (χ3v) is 1.64. The maximum Gasteiger partial charge on any atom is 0.118 e. The molecule has 64 valence electrons. The van der Waals surface area contributed by atoms with E-state index in [2.05, 4.69) is 0 Å². The fourth-order valence-corrected chi connectivity index (χ4v) is 0.971. The lowest BCUT2D eigenvalue weighted by Crippen LogP contribution is -1.78. The third-order valence-electron chi connectivity index (χ3n) is 1.64. The topological polar surface area (TPSA) is 40.5 Å². The van der Waals surface area contributed by atoms with Crippen molar-refractivity contribution in [3.05, 3.63) is 35.4 Å². The molecule has 1 aromatic carbocycles. The first kappa shape index (κ1) is 8.81. The van der Waals surface area contributed by atoms with E-state index in [-0.39, 0.29) is 6.61 Å². The molecule has 0 atom stereocenters. The number of aliphatic hydroxyl groups is 1. The highest BCUT2D eigenvalue weighted by Gasteiger charge is 1.93. The summed E-state index contributed by atoms with van der Waals surface area (Å²) < 4.78 is 0. The lowest BCUT2D eigenvalue weighted by Gasteiger charge is -1.98. The van der Waals surface area contributed by atoms with Gasteiger partial charge < -0.3 is 10.2 Å². The Bertz CT molecular complexity index is 290. The highest BCUT2D eigenvalue weighted by Crippen LogP contribution is 2.17. The first-order valence-electron chi connectivity index (χ1n) is 3.81. The molecule has 0 spiro atoms. The molecule has 1 rings (SSSR count). The summed E-state index contributed by atoms with van der Waals surface area (Å²) in [5.74, 6) is 0.302. The zero-order valence-electron chi connectivity index (χ0n) is 6.99. The van der Waals surface area contributed by atoms with E-state index >= 15 is 0 Å². The molecule has 0 fully saturated rings. The molecule has 0 aliphatic carbocycles. The normalized spacial score (nSPS) is 10.8. The maximum atomic E-state index is 9.20. The summed E-state index contributed by atoms with van der Waals surface area (Å²) in [6.07, 6.45) is 3.47. The van der Waals surface area contributed by atoms with Crippen LogP contribution in [0.1, 0.15) is 11.1 Å². The first-order chi connectivity index (χ1) is 5.74. The number of hydrogen-bond acceptors (Lipinski definition) is 2. The Morgan fingerprint density at radius 1 is 1.42 bits per heavy atom. The van der Waals surface area contributed by atoms with E-state index in [4.69, 9.17) is 5.11 Å². The smallest absolute Gasteiger partial charge is 0.118 e. The quantitative estimate of drug-likeness (QED) is 0.698. The van der Waals surface area contributed by atoms with E-state index < -0.39 is 0 Å². The van der Waals surface area contributed by atoms with Crippen LogP contribution in [0, 0.1) is 6.92 Å². The molecule has 0 aromatic heterocycles. The van der Waals surface area contributed by atoms with Crippen LogP contribution in [0.3, 0.4) is 0 Å². The maximum absolute atomic E-state index is 9.20. The molecule has 0 aliphatic heterocycles. The summed E-state index contributed by atoms with van der Waals surface area (Å²) in [5.41, 5.74) is 1.83. The molecule has 0 amide bonds. The Labute approximate surface area is 71.8 Å².